The van der Waals surface area contributed by atoms with E-state index < -0.39 is 0 Å². The van der Waals surface area contributed by atoms with Gasteiger partial charge in [-0.05, 0) is 24.6 Å². The first-order valence-electron chi connectivity index (χ1n) is 7.18. The number of carbonyl (C=O) groups is 1. The molecule has 0 N–H and O–H groups in total. The summed E-state index contributed by atoms with van der Waals surface area (Å²) in [5.74, 6) is 1.77. The van der Waals surface area contributed by atoms with E-state index in [0.717, 1.165) is 37.9 Å². The van der Waals surface area contributed by atoms with E-state index in [-0.39, 0.29) is 5.78 Å². The molecule has 2 heterocycles. The summed E-state index contributed by atoms with van der Waals surface area (Å²) in [6.45, 7) is 1.61. The number of methoxy groups -OCH3 is 1. The second kappa shape index (κ2) is 7.10. The molecule has 0 saturated heterocycles. The van der Waals surface area contributed by atoms with Gasteiger partial charge in [0.25, 0.3) is 0 Å². The zero-order valence-electron chi connectivity index (χ0n) is 12.9. The standard InChI is InChI=1S/C17H16N2O2S2/c1-11(20)7-8-22-16-15-14(9-23-17(15)19-10-18-16)12-3-5-13(21-2)6-4-12/h3-6,9-10H,7-8H2,1-2H3. The van der Waals surface area contributed by atoms with Gasteiger partial charge in [-0.25, -0.2) is 9.97 Å². The SMILES string of the molecule is COc1ccc(-c2csc3ncnc(SCCC(C)=O)c23)cc1. The Kier molecular flexibility index (Phi) is 4.93. The van der Waals surface area contributed by atoms with Crippen molar-refractivity contribution in [2.75, 3.05) is 12.9 Å². The number of rotatable bonds is 6. The van der Waals surface area contributed by atoms with Gasteiger partial charge in [0, 0.05) is 23.1 Å². The van der Waals surface area contributed by atoms with Crippen LogP contribution in [0.4, 0.5) is 0 Å². The molecule has 0 radical (unpaired) electrons. The van der Waals surface area contributed by atoms with E-state index in [2.05, 4.69) is 15.3 Å². The van der Waals surface area contributed by atoms with E-state index in [1.54, 1.807) is 43.5 Å². The summed E-state index contributed by atoms with van der Waals surface area (Å²) >= 11 is 3.22. The molecular weight excluding hydrogens is 328 g/mol. The Balaban J connectivity index is 1.98. The topological polar surface area (TPSA) is 52.1 Å². The van der Waals surface area contributed by atoms with E-state index in [1.807, 2.05) is 24.3 Å². The Morgan fingerprint density at radius 3 is 2.74 bits per heavy atom. The largest absolute Gasteiger partial charge is 0.497 e. The molecule has 0 amide bonds. The number of fused-ring (bicyclic) bond motifs is 1. The van der Waals surface area contributed by atoms with Crippen LogP contribution >= 0.6 is 23.1 Å². The molecule has 0 atom stereocenters. The monoisotopic (exact) mass is 344 g/mol. The maximum Gasteiger partial charge on any atom is 0.130 e. The first kappa shape index (κ1) is 16.0. The molecule has 0 aliphatic heterocycles. The van der Waals surface area contributed by atoms with Crippen LogP contribution in [-0.2, 0) is 4.79 Å². The number of thiophene rings is 1. The Bertz CT molecular complexity index is 828. The van der Waals surface area contributed by atoms with Crippen molar-refractivity contribution in [1.82, 2.24) is 9.97 Å². The van der Waals surface area contributed by atoms with Crippen molar-refractivity contribution in [3.05, 3.63) is 36.0 Å². The Hall–Kier alpha value is -1.92. The molecule has 0 spiro atoms. The van der Waals surface area contributed by atoms with Gasteiger partial charge in [0.05, 0.1) is 12.5 Å². The van der Waals surface area contributed by atoms with Crippen molar-refractivity contribution in [2.45, 2.75) is 18.4 Å². The molecule has 0 aliphatic rings. The number of hydrogen-bond donors (Lipinski definition) is 0. The highest BCUT2D eigenvalue weighted by Gasteiger charge is 2.13. The molecule has 0 saturated carbocycles. The number of aromatic nitrogens is 2. The van der Waals surface area contributed by atoms with Crippen LogP contribution in [0.25, 0.3) is 21.3 Å². The molecule has 4 nitrogen and oxygen atoms in total. The highest BCUT2D eigenvalue weighted by Crippen LogP contribution is 2.38. The van der Waals surface area contributed by atoms with Gasteiger partial charge in [-0.2, -0.15) is 0 Å². The number of benzene rings is 1. The summed E-state index contributed by atoms with van der Waals surface area (Å²) in [5, 5.41) is 4.11. The third kappa shape index (κ3) is 3.54. The number of Topliss-reactive ketones (excluding diaryl/α,β-unsaturated/α-hetero) is 1. The van der Waals surface area contributed by atoms with Crippen molar-refractivity contribution >= 4 is 39.1 Å². The van der Waals surface area contributed by atoms with E-state index in [9.17, 15) is 4.79 Å². The lowest BCUT2D eigenvalue weighted by Crippen LogP contribution is -1.93. The van der Waals surface area contributed by atoms with Crippen molar-refractivity contribution in [2.24, 2.45) is 0 Å². The van der Waals surface area contributed by atoms with Gasteiger partial charge in [-0.15, -0.1) is 23.1 Å². The van der Waals surface area contributed by atoms with Crippen molar-refractivity contribution in [3.8, 4) is 16.9 Å². The maximum atomic E-state index is 11.1. The van der Waals surface area contributed by atoms with Gasteiger partial charge in [0.15, 0.2) is 0 Å². The number of ether oxygens (including phenoxy) is 1. The Morgan fingerprint density at radius 1 is 1.26 bits per heavy atom. The van der Waals surface area contributed by atoms with Crippen molar-refractivity contribution < 1.29 is 9.53 Å². The van der Waals surface area contributed by atoms with E-state index in [0.29, 0.717) is 6.42 Å². The fourth-order valence-electron chi connectivity index (χ4n) is 2.23. The summed E-state index contributed by atoms with van der Waals surface area (Å²) in [5.41, 5.74) is 2.24. The van der Waals surface area contributed by atoms with Crippen LogP contribution in [0.1, 0.15) is 13.3 Å². The minimum absolute atomic E-state index is 0.198. The highest BCUT2D eigenvalue weighted by atomic mass is 32.2. The summed E-state index contributed by atoms with van der Waals surface area (Å²) in [7, 11) is 1.66. The molecule has 0 unspecified atom stereocenters. The fraction of sp³-hybridized carbons (Fsp3) is 0.235. The van der Waals surface area contributed by atoms with Crippen LogP contribution in [0.15, 0.2) is 41.0 Å². The normalized spacial score (nSPS) is 10.9. The zero-order chi connectivity index (χ0) is 16.2. The second-order valence-corrected chi connectivity index (χ2v) is 6.98. The summed E-state index contributed by atoms with van der Waals surface area (Å²) < 4.78 is 5.22. The van der Waals surface area contributed by atoms with Gasteiger partial charge >= 0.3 is 0 Å². The smallest absolute Gasteiger partial charge is 0.130 e. The number of hydrogen-bond acceptors (Lipinski definition) is 6. The molecular formula is C17H16N2O2S2. The molecule has 0 aliphatic carbocycles. The van der Waals surface area contributed by atoms with Gasteiger partial charge in [-0.3, -0.25) is 4.79 Å². The highest BCUT2D eigenvalue weighted by molar-refractivity contribution is 7.99. The van der Waals surface area contributed by atoms with Gasteiger partial charge in [0.2, 0.25) is 0 Å². The zero-order valence-corrected chi connectivity index (χ0v) is 14.5. The Morgan fingerprint density at radius 2 is 2.04 bits per heavy atom. The molecule has 1 aromatic carbocycles. The maximum absolute atomic E-state index is 11.1. The van der Waals surface area contributed by atoms with Crippen LogP contribution in [0, 0.1) is 0 Å². The number of ketones is 1. The van der Waals surface area contributed by atoms with Crippen molar-refractivity contribution in [1.29, 1.82) is 0 Å². The van der Waals surface area contributed by atoms with Crippen LogP contribution in [0.3, 0.4) is 0 Å². The van der Waals surface area contributed by atoms with Crippen LogP contribution in [-0.4, -0.2) is 28.6 Å². The average Bonchev–Trinajstić information content (AvgIpc) is 2.99. The van der Waals surface area contributed by atoms with Crippen LogP contribution in [0.2, 0.25) is 0 Å². The lowest BCUT2D eigenvalue weighted by atomic mass is 10.1. The van der Waals surface area contributed by atoms with Crippen molar-refractivity contribution in [3.63, 3.8) is 0 Å². The molecule has 0 bridgehead atoms. The molecule has 118 valence electrons. The third-order valence-electron chi connectivity index (χ3n) is 3.43. The van der Waals surface area contributed by atoms with Gasteiger partial charge in [-0.1, -0.05) is 12.1 Å². The molecule has 3 rings (SSSR count). The van der Waals surface area contributed by atoms with E-state index in [1.165, 1.54) is 0 Å². The summed E-state index contributed by atoms with van der Waals surface area (Å²) in [6.07, 6.45) is 2.14. The lowest BCUT2D eigenvalue weighted by Gasteiger charge is -2.06. The summed E-state index contributed by atoms with van der Waals surface area (Å²) in [4.78, 5) is 20.9. The lowest BCUT2D eigenvalue weighted by molar-refractivity contribution is -0.116. The van der Waals surface area contributed by atoms with Gasteiger partial charge < -0.3 is 4.74 Å². The molecule has 3 aromatic rings. The molecule has 6 heteroatoms. The quantitative estimate of drug-likeness (QED) is 0.489. The first-order valence-corrected chi connectivity index (χ1v) is 9.04. The van der Waals surface area contributed by atoms with Crippen LogP contribution in [0.5, 0.6) is 5.75 Å². The third-order valence-corrected chi connectivity index (χ3v) is 5.31. The average molecular weight is 344 g/mol. The predicted octanol–water partition coefficient (Wildman–Crippen LogP) is 4.44. The van der Waals surface area contributed by atoms with E-state index >= 15 is 0 Å². The Labute approximate surface area is 142 Å². The molecule has 0 fully saturated rings. The minimum atomic E-state index is 0.198. The minimum Gasteiger partial charge on any atom is -0.497 e. The van der Waals surface area contributed by atoms with Gasteiger partial charge in [0.1, 0.15) is 27.7 Å². The predicted molar refractivity (Wildman–Crippen MR) is 95.4 cm³/mol. The summed E-state index contributed by atoms with van der Waals surface area (Å²) in [6, 6.07) is 7.98. The fourth-order valence-corrected chi connectivity index (χ4v) is 4.27. The van der Waals surface area contributed by atoms with E-state index in [4.69, 9.17) is 4.74 Å². The number of thioether (sulfide) groups is 1. The number of carbonyl (C=O) groups excluding carboxylic acids is 1. The second-order valence-electron chi connectivity index (χ2n) is 5.04. The number of nitrogens with zero attached hydrogens (tertiary/aromatic N) is 2. The molecule has 2 aromatic heterocycles. The first-order chi connectivity index (χ1) is 11.2. The molecule has 23 heavy (non-hydrogen) atoms. The van der Waals surface area contributed by atoms with Crippen LogP contribution < -0.4 is 4.74 Å².